The maximum Gasteiger partial charge on any atom is 0.224 e. The summed E-state index contributed by atoms with van der Waals surface area (Å²) in [7, 11) is 0. The highest BCUT2D eigenvalue weighted by atomic mass is 16.5. The highest BCUT2D eigenvalue weighted by molar-refractivity contribution is 5.93. The third kappa shape index (κ3) is 8.05. The Balaban J connectivity index is 2.35. The molecule has 2 bridgehead atoms. The number of aliphatic hydroxyl groups excluding tert-OH is 1. The van der Waals surface area contributed by atoms with Crippen molar-refractivity contribution in [2.75, 3.05) is 13.2 Å². The third-order valence-electron chi connectivity index (χ3n) is 6.14. The number of carbonyl (C=O) groups excluding carboxylic acids is 3. The number of carbonyl (C=O) groups is 3. The fourth-order valence-corrected chi connectivity index (χ4v) is 4.36. The lowest BCUT2D eigenvalue weighted by Crippen LogP contribution is -2.48. The van der Waals surface area contributed by atoms with Crippen molar-refractivity contribution in [2.24, 2.45) is 17.8 Å². The first-order valence-electron chi connectivity index (χ1n) is 12.0. The Morgan fingerprint density at radius 3 is 2.50 bits per heavy atom. The molecule has 1 aromatic rings. The van der Waals surface area contributed by atoms with Gasteiger partial charge in [0.2, 0.25) is 5.91 Å². The van der Waals surface area contributed by atoms with Gasteiger partial charge in [0.05, 0.1) is 12.6 Å². The minimum Gasteiger partial charge on any atom is -0.494 e. The molecule has 3 atom stereocenters. The van der Waals surface area contributed by atoms with Gasteiger partial charge in [-0.15, -0.1) is 0 Å². The molecule has 178 valence electrons. The number of benzene rings is 1. The number of fused-ring (bicyclic) bond motifs is 11. The lowest BCUT2D eigenvalue weighted by Gasteiger charge is -2.29. The molecule has 0 unspecified atom stereocenters. The maximum atomic E-state index is 13.4. The van der Waals surface area contributed by atoms with Crippen LogP contribution in [0.5, 0.6) is 5.75 Å². The molecule has 0 radical (unpaired) electrons. The van der Waals surface area contributed by atoms with E-state index < -0.39 is 24.5 Å². The molecule has 0 aromatic heterocycles. The monoisotopic (exact) mass is 445 g/mol. The van der Waals surface area contributed by atoms with Crippen LogP contribution in [0.3, 0.4) is 0 Å². The second-order valence-corrected chi connectivity index (χ2v) is 9.29. The summed E-state index contributed by atoms with van der Waals surface area (Å²) in [4.78, 5) is 39.0. The first kappa shape index (κ1) is 26.0. The molecule has 6 nitrogen and oxygen atoms in total. The molecule has 0 fully saturated rings. The van der Waals surface area contributed by atoms with E-state index in [0.29, 0.717) is 38.7 Å². The number of hydrogen-bond donors (Lipinski definition) is 2. The first-order chi connectivity index (χ1) is 15.3. The van der Waals surface area contributed by atoms with Gasteiger partial charge in [0.25, 0.3) is 0 Å². The molecule has 0 saturated heterocycles. The second kappa shape index (κ2) is 13.4. The first-order valence-corrected chi connectivity index (χ1v) is 12.0. The SMILES string of the molecule is CCCCCC(=O)[C@@H]1Cc2ccc(cc2)OCCC[C@H](C(=O)CO)[C@@H](CC(C)C)C(=O)N1. The van der Waals surface area contributed by atoms with Crippen LogP contribution >= 0.6 is 0 Å². The van der Waals surface area contributed by atoms with E-state index in [1.54, 1.807) is 0 Å². The molecular weight excluding hydrogens is 406 g/mol. The number of rotatable bonds is 9. The van der Waals surface area contributed by atoms with Gasteiger partial charge in [-0.3, -0.25) is 14.4 Å². The summed E-state index contributed by atoms with van der Waals surface area (Å²) < 4.78 is 5.81. The smallest absolute Gasteiger partial charge is 0.224 e. The van der Waals surface area contributed by atoms with E-state index in [2.05, 4.69) is 12.2 Å². The van der Waals surface area contributed by atoms with Crippen LogP contribution in [0, 0.1) is 17.8 Å². The zero-order chi connectivity index (χ0) is 23.5. The molecule has 2 aliphatic rings. The Bertz CT molecular complexity index is 743. The quantitative estimate of drug-likeness (QED) is 0.563. The molecule has 1 amide bonds. The molecule has 32 heavy (non-hydrogen) atoms. The van der Waals surface area contributed by atoms with Gasteiger partial charge in [0.15, 0.2) is 11.6 Å². The van der Waals surface area contributed by atoms with E-state index in [0.717, 1.165) is 30.6 Å². The van der Waals surface area contributed by atoms with E-state index in [-0.39, 0.29) is 23.4 Å². The fraction of sp³-hybridized carbons (Fsp3) is 0.654. The van der Waals surface area contributed by atoms with Crippen molar-refractivity contribution in [3.05, 3.63) is 29.8 Å². The maximum absolute atomic E-state index is 13.4. The average Bonchev–Trinajstić information content (AvgIpc) is 2.77. The zero-order valence-corrected chi connectivity index (χ0v) is 19.8. The Kier molecular flexibility index (Phi) is 10.9. The van der Waals surface area contributed by atoms with Crippen LogP contribution in [0.25, 0.3) is 0 Å². The van der Waals surface area contributed by atoms with Gasteiger partial charge in [0.1, 0.15) is 12.4 Å². The Morgan fingerprint density at radius 2 is 1.88 bits per heavy atom. The number of Topliss-reactive ketones (excluding diaryl/α,β-unsaturated/α-hetero) is 2. The predicted molar refractivity (Wildman–Crippen MR) is 124 cm³/mol. The van der Waals surface area contributed by atoms with Gasteiger partial charge in [-0.1, -0.05) is 45.7 Å². The van der Waals surface area contributed by atoms with Gasteiger partial charge in [-0.2, -0.15) is 0 Å². The van der Waals surface area contributed by atoms with Crippen molar-refractivity contribution in [1.82, 2.24) is 5.32 Å². The Labute approximate surface area is 192 Å². The van der Waals surface area contributed by atoms with Gasteiger partial charge in [-0.25, -0.2) is 0 Å². The highest BCUT2D eigenvalue weighted by Gasteiger charge is 2.35. The molecule has 2 heterocycles. The van der Waals surface area contributed by atoms with Gasteiger partial charge >= 0.3 is 0 Å². The summed E-state index contributed by atoms with van der Waals surface area (Å²) in [6.45, 7) is 5.95. The summed E-state index contributed by atoms with van der Waals surface area (Å²) in [6.07, 6.45) is 5.20. The lowest BCUT2D eigenvalue weighted by atomic mass is 9.79. The van der Waals surface area contributed by atoms with Crippen LogP contribution < -0.4 is 10.1 Å². The van der Waals surface area contributed by atoms with Crippen molar-refractivity contribution in [2.45, 2.75) is 78.2 Å². The third-order valence-corrected chi connectivity index (χ3v) is 6.14. The summed E-state index contributed by atoms with van der Waals surface area (Å²) in [5.74, 6) is -0.812. The average molecular weight is 446 g/mol. The van der Waals surface area contributed by atoms with Gasteiger partial charge in [0, 0.05) is 18.3 Å². The summed E-state index contributed by atoms with van der Waals surface area (Å²) in [6, 6.07) is 6.99. The summed E-state index contributed by atoms with van der Waals surface area (Å²) in [5.41, 5.74) is 0.951. The molecular formula is C26H39NO5. The Morgan fingerprint density at radius 1 is 1.16 bits per heavy atom. The number of ketones is 2. The fourth-order valence-electron chi connectivity index (χ4n) is 4.36. The lowest BCUT2D eigenvalue weighted by molar-refractivity contribution is -0.137. The van der Waals surface area contributed by atoms with E-state index in [1.165, 1.54) is 0 Å². The largest absolute Gasteiger partial charge is 0.494 e. The predicted octanol–water partition coefficient (Wildman–Crippen LogP) is 3.88. The van der Waals surface area contributed by atoms with E-state index in [1.807, 2.05) is 38.1 Å². The number of hydrogen-bond acceptors (Lipinski definition) is 5. The van der Waals surface area contributed by atoms with Crippen LogP contribution in [0.15, 0.2) is 24.3 Å². The molecule has 3 rings (SSSR count). The van der Waals surface area contributed by atoms with E-state index in [4.69, 9.17) is 4.74 Å². The summed E-state index contributed by atoms with van der Waals surface area (Å²) >= 11 is 0. The molecule has 2 N–H and O–H groups in total. The molecule has 0 spiro atoms. The summed E-state index contributed by atoms with van der Waals surface area (Å²) in [5, 5.41) is 12.5. The van der Waals surface area contributed by atoms with Crippen molar-refractivity contribution < 1.29 is 24.2 Å². The molecule has 2 aliphatic heterocycles. The van der Waals surface area contributed by atoms with Crippen LogP contribution in [0.2, 0.25) is 0 Å². The zero-order valence-electron chi connectivity index (χ0n) is 19.8. The van der Waals surface area contributed by atoms with Crippen LogP contribution in [-0.4, -0.2) is 41.8 Å². The van der Waals surface area contributed by atoms with Crippen molar-refractivity contribution >= 4 is 17.5 Å². The van der Waals surface area contributed by atoms with Crippen molar-refractivity contribution in [3.8, 4) is 5.75 Å². The van der Waals surface area contributed by atoms with E-state index in [9.17, 15) is 19.5 Å². The number of ether oxygens (including phenoxy) is 1. The van der Waals surface area contributed by atoms with Crippen LogP contribution in [0.4, 0.5) is 0 Å². The minimum atomic E-state index is -0.631. The molecule has 0 saturated carbocycles. The molecule has 1 aromatic carbocycles. The molecule has 6 heteroatoms. The van der Waals surface area contributed by atoms with Crippen LogP contribution in [-0.2, 0) is 20.8 Å². The highest BCUT2D eigenvalue weighted by Crippen LogP contribution is 2.27. The number of amides is 1. The minimum absolute atomic E-state index is 0.0209. The van der Waals surface area contributed by atoms with Crippen LogP contribution in [0.1, 0.15) is 71.3 Å². The number of unbranched alkanes of at least 4 members (excludes halogenated alkanes) is 2. The van der Waals surface area contributed by atoms with Gasteiger partial charge < -0.3 is 15.2 Å². The van der Waals surface area contributed by atoms with Gasteiger partial charge in [-0.05, 0) is 55.7 Å². The van der Waals surface area contributed by atoms with Crippen molar-refractivity contribution in [1.29, 1.82) is 0 Å². The topological polar surface area (TPSA) is 92.7 Å². The molecule has 0 aliphatic carbocycles. The standard InChI is InChI=1S/C26H39NO5/c1-4-5-6-9-24(29)23-16-19-10-12-20(13-11-19)32-14-7-8-21(25(30)17-28)22(15-18(2)3)26(31)27-23/h10-13,18,21-23,28H,4-9,14-17H2,1-3H3,(H,27,31)/t21-,22+,23-/m0/s1. The number of aliphatic hydroxyl groups is 1. The van der Waals surface area contributed by atoms with Crippen molar-refractivity contribution in [3.63, 3.8) is 0 Å². The second-order valence-electron chi connectivity index (χ2n) is 9.29. The normalized spacial score (nSPS) is 22.2. The number of nitrogens with one attached hydrogen (secondary N) is 1. The van der Waals surface area contributed by atoms with E-state index >= 15 is 0 Å². The Hall–Kier alpha value is -2.21.